The maximum absolute atomic E-state index is 13.3. The molecule has 0 aliphatic rings. The number of carboxylic acids is 1. The van der Waals surface area contributed by atoms with Crippen molar-refractivity contribution in [3.05, 3.63) is 30.1 Å². The number of nitrogens with one attached hydrogen (secondary N) is 1. The van der Waals surface area contributed by atoms with Crippen LogP contribution in [0.3, 0.4) is 0 Å². The highest BCUT2D eigenvalue weighted by Gasteiger charge is 2.13. The number of aliphatic carboxylic acids is 1. The number of hydrogen-bond acceptors (Lipinski definition) is 3. The normalized spacial score (nSPS) is 10.4. The molecule has 6 heteroatoms. The number of amides is 1. The smallest absolute Gasteiger partial charge is 0.317 e. The Hall–Kier alpha value is -1.95. The third kappa shape index (κ3) is 4.50. The molecule has 2 N–H and O–H groups in total. The molecule has 0 aromatic heterocycles. The summed E-state index contributed by atoms with van der Waals surface area (Å²) in [6.07, 6.45) is 0. The number of carbonyl (C=O) groups is 2. The van der Waals surface area contributed by atoms with Crippen molar-refractivity contribution in [2.24, 2.45) is 0 Å². The Morgan fingerprint density at radius 3 is 2.56 bits per heavy atom. The quantitative estimate of drug-likeness (QED) is 0.799. The first-order valence-electron chi connectivity index (χ1n) is 5.51. The van der Waals surface area contributed by atoms with Crippen molar-refractivity contribution < 1.29 is 19.1 Å². The monoisotopic (exact) mass is 254 g/mol. The molecule has 0 saturated heterocycles. The fourth-order valence-electron chi connectivity index (χ4n) is 1.43. The lowest BCUT2D eigenvalue weighted by atomic mass is 10.3. The van der Waals surface area contributed by atoms with Crippen LogP contribution in [0, 0.1) is 5.82 Å². The molecule has 0 saturated carbocycles. The van der Waals surface area contributed by atoms with Gasteiger partial charge in [0, 0.05) is 0 Å². The summed E-state index contributed by atoms with van der Waals surface area (Å²) in [5.41, 5.74) is 0.0916. The fraction of sp³-hybridized carbons (Fsp3) is 0.333. The van der Waals surface area contributed by atoms with Gasteiger partial charge in [0.15, 0.2) is 0 Å². The van der Waals surface area contributed by atoms with E-state index >= 15 is 0 Å². The van der Waals surface area contributed by atoms with Crippen molar-refractivity contribution in [3.8, 4) is 0 Å². The minimum Gasteiger partial charge on any atom is -0.480 e. The van der Waals surface area contributed by atoms with Gasteiger partial charge in [-0.1, -0.05) is 19.1 Å². The summed E-state index contributed by atoms with van der Waals surface area (Å²) in [4.78, 5) is 23.6. The van der Waals surface area contributed by atoms with Gasteiger partial charge in [-0.15, -0.1) is 0 Å². The van der Waals surface area contributed by atoms with Crippen LogP contribution in [-0.2, 0) is 9.59 Å². The van der Waals surface area contributed by atoms with E-state index in [1.54, 1.807) is 13.0 Å². The van der Waals surface area contributed by atoms with Crippen molar-refractivity contribution in [3.63, 3.8) is 0 Å². The number of carbonyl (C=O) groups excluding carboxylic acids is 1. The van der Waals surface area contributed by atoms with E-state index in [1.165, 1.54) is 23.1 Å². The number of benzene rings is 1. The maximum Gasteiger partial charge on any atom is 0.317 e. The fourth-order valence-corrected chi connectivity index (χ4v) is 1.43. The summed E-state index contributed by atoms with van der Waals surface area (Å²) in [6, 6.07) is 5.81. The average molecular weight is 254 g/mol. The van der Waals surface area contributed by atoms with E-state index in [-0.39, 0.29) is 18.8 Å². The average Bonchev–Trinajstić information content (AvgIpc) is 2.30. The van der Waals surface area contributed by atoms with Gasteiger partial charge in [-0.25, -0.2) is 4.39 Å². The molecule has 5 nitrogen and oxygen atoms in total. The predicted octanol–water partition coefficient (Wildman–Crippen LogP) is 1.17. The summed E-state index contributed by atoms with van der Waals surface area (Å²) in [7, 11) is 0. The van der Waals surface area contributed by atoms with E-state index < -0.39 is 17.7 Å². The standard InChI is InChI=1S/C12H15FN2O3/c1-2-15(8-12(17)18)7-11(16)14-10-6-4-3-5-9(10)13/h3-6H,2,7-8H2,1H3,(H,14,16)(H,17,18). The number of hydrogen-bond donors (Lipinski definition) is 2. The molecule has 0 aliphatic heterocycles. The highest BCUT2D eigenvalue weighted by atomic mass is 19.1. The van der Waals surface area contributed by atoms with E-state index in [1.807, 2.05) is 0 Å². The van der Waals surface area contributed by atoms with Gasteiger partial charge in [0.1, 0.15) is 5.82 Å². The van der Waals surface area contributed by atoms with Gasteiger partial charge in [0.25, 0.3) is 0 Å². The minimum atomic E-state index is -1.00. The second-order valence-electron chi connectivity index (χ2n) is 3.73. The molecule has 0 fully saturated rings. The van der Waals surface area contributed by atoms with Gasteiger partial charge in [-0.2, -0.15) is 0 Å². The van der Waals surface area contributed by atoms with Crippen LogP contribution in [0.15, 0.2) is 24.3 Å². The Kier molecular flexibility index (Phi) is 5.26. The molecular formula is C12H15FN2O3. The number of para-hydroxylation sites is 1. The number of nitrogens with zero attached hydrogens (tertiary/aromatic N) is 1. The lowest BCUT2D eigenvalue weighted by Crippen LogP contribution is -2.36. The van der Waals surface area contributed by atoms with E-state index in [9.17, 15) is 14.0 Å². The third-order valence-electron chi connectivity index (χ3n) is 2.32. The number of halogens is 1. The molecule has 0 aliphatic carbocycles. The summed E-state index contributed by atoms with van der Waals surface area (Å²) < 4.78 is 13.3. The van der Waals surface area contributed by atoms with Gasteiger partial charge in [0.2, 0.25) is 5.91 Å². The first-order chi connectivity index (χ1) is 8.52. The largest absolute Gasteiger partial charge is 0.480 e. The van der Waals surface area contributed by atoms with Gasteiger partial charge < -0.3 is 10.4 Å². The molecule has 0 spiro atoms. The Morgan fingerprint density at radius 1 is 1.33 bits per heavy atom. The van der Waals surface area contributed by atoms with Crippen LogP contribution in [0.5, 0.6) is 0 Å². The second kappa shape index (κ2) is 6.70. The first-order valence-corrected chi connectivity index (χ1v) is 5.51. The maximum atomic E-state index is 13.3. The highest BCUT2D eigenvalue weighted by Crippen LogP contribution is 2.12. The van der Waals surface area contributed by atoms with Crippen LogP contribution in [-0.4, -0.2) is 41.5 Å². The van der Waals surface area contributed by atoms with Gasteiger partial charge >= 0.3 is 5.97 Å². The number of likely N-dealkylation sites (N-methyl/N-ethyl adjacent to an activating group) is 1. The summed E-state index contributed by atoms with van der Waals surface area (Å²) in [5.74, 6) is -1.97. The number of rotatable bonds is 6. The Balaban J connectivity index is 2.55. The molecule has 18 heavy (non-hydrogen) atoms. The van der Waals surface area contributed by atoms with E-state index in [0.717, 1.165) is 0 Å². The molecule has 0 unspecified atom stereocenters. The van der Waals surface area contributed by atoms with Crippen molar-refractivity contribution in [2.75, 3.05) is 25.0 Å². The summed E-state index contributed by atoms with van der Waals surface area (Å²) >= 11 is 0. The molecule has 0 bridgehead atoms. The van der Waals surface area contributed by atoms with Crippen molar-refractivity contribution >= 4 is 17.6 Å². The molecule has 1 aromatic rings. The second-order valence-corrected chi connectivity index (χ2v) is 3.73. The summed E-state index contributed by atoms with van der Waals surface area (Å²) in [5, 5.41) is 11.0. The van der Waals surface area contributed by atoms with Crippen molar-refractivity contribution in [1.29, 1.82) is 0 Å². The van der Waals surface area contributed by atoms with Crippen LogP contribution >= 0.6 is 0 Å². The van der Waals surface area contributed by atoms with Gasteiger partial charge in [-0.05, 0) is 18.7 Å². The van der Waals surface area contributed by atoms with Crippen LogP contribution in [0.2, 0.25) is 0 Å². The molecule has 1 aromatic carbocycles. The summed E-state index contributed by atoms with van der Waals surface area (Å²) in [6.45, 7) is 1.87. The van der Waals surface area contributed by atoms with E-state index in [4.69, 9.17) is 5.11 Å². The zero-order chi connectivity index (χ0) is 13.5. The number of carboxylic acid groups (broad SMARTS) is 1. The van der Waals surface area contributed by atoms with Crippen LogP contribution < -0.4 is 5.32 Å². The zero-order valence-corrected chi connectivity index (χ0v) is 10.0. The topological polar surface area (TPSA) is 69.6 Å². The lowest BCUT2D eigenvalue weighted by molar-refractivity contribution is -0.138. The Labute approximate surface area is 104 Å². The zero-order valence-electron chi connectivity index (χ0n) is 10.0. The predicted molar refractivity (Wildman–Crippen MR) is 64.8 cm³/mol. The molecular weight excluding hydrogens is 239 g/mol. The van der Waals surface area contributed by atoms with E-state index in [2.05, 4.69) is 5.32 Å². The van der Waals surface area contributed by atoms with Crippen LogP contribution in [0.1, 0.15) is 6.92 Å². The molecule has 1 rings (SSSR count). The lowest BCUT2D eigenvalue weighted by Gasteiger charge is -2.17. The molecule has 0 radical (unpaired) electrons. The SMILES string of the molecule is CCN(CC(=O)O)CC(=O)Nc1ccccc1F. The molecule has 0 atom stereocenters. The minimum absolute atomic E-state index is 0.0862. The Morgan fingerprint density at radius 2 is 2.00 bits per heavy atom. The molecule has 1 amide bonds. The first kappa shape index (κ1) is 14.1. The molecule has 98 valence electrons. The number of anilines is 1. The van der Waals surface area contributed by atoms with Gasteiger partial charge in [0.05, 0.1) is 18.8 Å². The Bertz CT molecular complexity index is 437. The van der Waals surface area contributed by atoms with Gasteiger partial charge in [-0.3, -0.25) is 14.5 Å². The van der Waals surface area contributed by atoms with Crippen LogP contribution in [0.4, 0.5) is 10.1 Å². The van der Waals surface area contributed by atoms with Crippen LogP contribution in [0.25, 0.3) is 0 Å². The third-order valence-corrected chi connectivity index (χ3v) is 2.32. The highest BCUT2D eigenvalue weighted by molar-refractivity contribution is 5.92. The van der Waals surface area contributed by atoms with E-state index in [0.29, 0.717) is 6.54 Å². The van der Waals surface area contributed by atoms with Crippen molar-refractivity contribution in [2.45, 2.75) is 6.92 Å². The van der Waals surface area contributed by atoms with Crippen molar-refractivity contribution in [1.82, 2.24) is 4.90 Å². The molecule has 0 heterocycles.